The number of urea groups is 1. The van der Waals surface area contributed by atoms with Crippen LogP contribution < -0.4 is 10.8 Å². The average molecular weight is 486 g/mol. The van der Waals surface area contributed by atoms with E-state index in [1.165, 1.54) is 22.8 Å². The maximum atomic E-state index is 12.9. The number of aryl methyl sites for hydroxylation is 1. The second-order valence-electron chi connectivity index (χ2n) is 8.21. The van der Waals surface area contributed by atoms with Gasteiger partial charge in [-0.1, -0.05) is 0 Å². The average Bonchev–Trinajstić information content (AvgIpc) is 3.28. The fourth-order valence-electron chi connectivity index (χ4n) is 4.58. The molecule has 0 aromatic carbocycles. The van der Waals surface area contributed by atoms with Gasteiger partial charge in [0.2, 0.25) is 0 Å². The molecular formula is C18H27N7O7S. The summed E-state index contributed by atoms with van der Waals surface area (Å²) in [4.78, 5) is 35.9. The highest BCUT2D eigenvalue weighted by Crippen LogP contribution is 2.44. The number of piperidine rings is 1. The summed E-state index contributed by atoms with van der Waals surface area (Å²) in [6, 6.07) is -2.43. The Balaban J connectivity index is 1.48. The number of hydroxylamine groups is 3. The van der Waals surface area contributed by atoms with E-state index in [4.69, 9.17) is 9.39 Å². The Morgan fingerprint density at radius 3 is 2.79 bits per heavy atom. The van der Waals surface area contributed by atoms with Crippen LogP contribution in [0.25, 0.3) is 0 Å². The van der Waals surface area contributed by atoms with Gasteiger partial charge >= 0.3 is 22.4 Å². The van der Waals surface area contributed by atoms with E-state index in [0.717, 1.165) is 32.4 Å². The minimum absolute atomic E-state index is 0.0576. The Kier molecular flexibility index (Phi) is 6.56. The van der Waals surface area contributed by atoms with Crippen molar-refractivity contribution in [1.82, 2.24) is 30.5 Å². The zero-order valence-electron chi connectivity index (χ0n) is 18.3. The van der Waals surface area contributed by atoms with Crippen molar-refractivity contribution in [2.45, 2.75) is 37.8 Å². The van der Waals surface area contributed by atoms with Crippen LogP contribution in [0.3, 0.4) is 0 Å². The lowest BCUT2D eigenvalue weighted by molar-refractivity contribution is -0.148. The number of hydrogen-bond donors (Lipinski definition) is 3. The number of aliphatic imine (C=N–C) groups is 1. The van der Waals surface area contributed by atoms with E-state index in [0.29, 0.717) is 22.2 Å². The van der Waals surface area contributed by atoms with Crippen LogP contribution >= 0.6 is 0 Å². The van der Waals surface area contributed by atoms with Crippen LogP contribution in [-0.2, 0) is 31.4 Å². The van der Waals surface area contributed by atoms with Crippen LogP contribution in [0.2, 0.25) is 0 Å². The van der Waals surface area contributed by atoms with Crippen molar-refractivity contribution < 1.29 is 31.7 Å². The predicted molar refractivity (Wildman–Crippen MR) is 113 cm³/mol. The molecule has 1 aromatic rings. The van der Waals surface area contributed by atoms with Gasteiger partial charge in [0.05, 0.1) is 18.4 Å². The van der Waals surface area contributed by atoms with Gasteiger partial charge < -0.3 is 15.1 Å². The highest BCUT2D eigenvalue weighted by molar-refractivity contribution is 7.80. The third-order valence-corrected chi connectivity index (χ3v) is 6.54. The van der Waals surface area contributed by atoms with Gasteiger partial charge in [-0.15, -0.1) is 4.28 Å². The lowest BCUT2D eigenvalue weighted by atomic mass is 9.93. The number of amidine groups is 1. The Morgan fingerprint density at radius 2 is 2.12 bits per heavy atom. The molecule has 0 aliphatic carbocycles. The normalized spacial score (nSPS) is 23.6. The fraction of sp³-hybridized carbons (Fsp3) is 0.667. The van der Waals surface area contributed by atoms with E-state index < -0.39 is 34.5 Å². The van der Waals surface area contributed by atoms with Crippen LogP contribution in [0.5, 0.6) is 0 Å². The van der Waals surface area contributed by atoms with Crippen molar-refractivity contribution in [1.29, 1.82) is 0 Å². The SMILES string of the molecule is CN=C(NOC(=O)CCC1CCNCC1)[C@@H]1c2c(cnn2C)[C@@H]2CN1C(=O)N2OS(=O)(=O)O. The second-order valence-corrected chi connectivity index (χ2v) is 9.21. The molecule has 4 heterocycles. The molecule has 15 heteroatoms. The quantitative estimate of drug-likeness (QED) is 0.213. The minimum atomic E-state index is -4.92. The smallest absolute Gasteiger partial charge is 0.342 e. The number of aromatic nitrogens is 2. The van der Waals surface area contributed by atoms with Gasteiger partial charge in [-0.05, 0) is 38.3 Å². The van der Waals surface area contributed by atoms with Gasteiger partial charge in [0.15, 0.2) is 5.84 Å². The summed E-state index contributed by atoms with van der Waals surface area (Å²) in [7, 11) is -1.79. The molecule has 3 N–H and O–H groups in total. The van der Waals surface area contributed by atoms with Crippen LogP contribution in [0.15, 0.2) is 11.2 Å². The van der Waals surface area contributed by atoms with Gasteiger partial charge in [0.25, 0.3) is 0 Å². The van der Waals surface area contributed by atoms with Crippen molar-refractivity contribution in [2.75, 3.05) is 26.7 Å². The van der Waals surface area contributed by atoms with E-state index in [1.807, 2.05) is 0 Å². The lowest BCUT2D eigenvalue weighted by Crippen LogP contribution is -2.45. The summed E-state index contributed by atoms with van der Waals surface area (Å²) in [6.45, 7) is 1.95. The van der Waals surface area contributed by atoms with E-state index in [-0.39, 0.29) is 18.8 Å². The van der Waals surface area contributed by atoms with Gasteiger partial charge in [0.1, 0.15) is 12.1 Å². The molecule has 14 nitrogen and oxygen atoms in total. The number of fused-ring (bicyclic) bond motifs is 4. The number of carbonyl (C=O) groups excluding carboxylic acids is 2. The number of carbonyl (C=O) groups is 2. The summed E-state index contributed by atoms with van der Waals surface area (Å²) in [6.07, 6.45) is 4.51. The maximum Gasteiger partial charge on any atom is 0.418 e. The molecule has 3 aliphatic rings. The molecule has 2 atom stereocenters. The largest absolute Gasteiger partial charge is 0.418 e. The number of rotatable bonds is 6. The molecule has 4 rings (SSSR count). The molecule has 2 fully saturated rings. The molecule has 0 radical (unpaired) electrons. The summed E-state index contributed by atoms with van der Waals surface area (Å²) in [5, 5.41) is 8.08. The molecule has 2 amide bonds. The van der Waals surface area contributed by atoms with Crippen molar-refractivity contribution in [3.63, 3.8) is 0 Å². The second kappa shape index (κ2) is 9.24. The Bertz CT molecular complexity index is 1050. The Labute approximate surface area is 190 Å². The molecule has 2 bridgehead atoms. The number of nitrogens with one attached hydrogen (secondary N) is 2. The molecule has 0 spiro atoms. The third kappa shape index (κ3) is 4.80. The van der Waals surface area contributed by atoms with Crippen LogP contribution in [0.4, 0.5) is 4.79 Å². The molecule has 1 aromatic heterocycles. The van der Waals surface area contributed by atoms with Crippen molar-refractivity contribution in [3.05, 3.63) is 17.5 Å². The van der Waals surface area contributed by atoms with E-state index in [2.05, 4.69) is 25.2 Å². The zero-order chi connectivity index (χ0) is 23.8. The Hall–Kier alpha value is -2.75. The first-order valence-corrected chi connectivity index (χ1v) is 12.0. The number of nitrogens with zero attached hydrogens (tertiary/aromatic N) is 5. The van der Waals surface area contributed by atoms with Crippen molar-refractivity contribution in [2.24, 2.45) is 18.0 Å². The molecular weight excluding hydrogens is 458 g/mol. The standard InChI is InChI=1S/C18H27N7O7S/c1-19-17(22-31-14(26)4-3-11-5-7-20-8-6-11)16-15-12(9-21-23(15)2)13-10-24(16)18(27)25(13)32-33(28,29)30/h9,11,13,16,20H,3-8,10H2,1-2H3,(H,19,22)(H,28,29,30)/t13-,16-/m0/s1. The third-order valence-electron chi connectivity index (χ3n) is 6.19. The summed E-state index contributed by atoms with van der Waals surface area (Å²) in [5.41, 5.74) is 3.64. The fourth-order valence-corrected chi connectivity index (χ4v) is 4.95. The van der Waals surface area contributed by atoms with Crippen LogP contribution in [-0.4, -0.2) is 77.2 Å². The minimum Gasteiger partial charge on any atom is -0.342 e. The summed E-state index contributed by atoms with van der Waals surface area (Å²) < 4.78 is 37.7. The number of amides is 2. The summed E-state index contributed by atoms with van der Waals surface area (Å²) >= 11 is 0. The first kappa shape index (κ1) is 23.4. The van der Waals surface area contributed by atoms with E-state index in [9.17, 15) is 18.0 Å². The van der Waals surface area contributed by atoms with E-state index in [1.54, 1.807) is 7.05 Å². The molecule has 2 saturated heterocycles. The first-order chi connectivity index (χ1) is 15.7. The monoisotopic (exact) mass is 485 g/mol. The lowest BCUT2D eigenvalue weighted by Gasteiger charge is -2.31. The van der Waals surface area contributed by atoms with E-state index >= 15 is 0 Å². The van der Waals surface area contributed by atoms with Crippen LogP contribution in [0, 0.1) is 5.92 Å². The predicted octanol–water partition coefficient (Wildman–Crippen LogP) is -0.156. The highest BCUT2D eigenvalue weighted by atomic mass is 32.3. The maximum absolute atomic E-state index is 12.9. The molecule has 33 heavy (non-hydrogen) atoms. The van der Waals surface area contributed by atoms with Gasteiger partial charge in [-0.25, -0.2) is 15.1 Å². The Morgan fingerprint density at radius 1 is 1.39 bits per heavy atom. The molecule has 3 aliphatic heterocycles. The molecule has 182 valence electrons. The van der Waals surface area contributed by atoms with Gasteiger partial charge in [-0.2, -0.15) is 18.6 Å². The molecule has 0 saturated carbocycles. The first-order valence-electron chi connectivity index (χ1n) is 10.6. The van der Waals surface area contributed by atoms with Crippen molar-refractivity contribution >= 4 is 28.2 Å². The topological polar surface area (TPSA) is 168 Å². The van der Waals surface area contributed by atoms with Gasteiger partial charge in [0, 0.05) is 26.1 Å². The molecule has 0 unspecified atom stereocenters. The van der Waals surface area contributed by atoms with Crippen molar-refractivity contribution in [3.8, 4) is 0 Å². The highest BCUT2D eigenvalue weighted by Gasteiger charge is 2.53. The van der Waals surface area contributed by atoms with Crippen LogP contribution in [0.1, 0.15) is 49.0 Å². The van der Waals surface area contributed by atoms with Gasteiger partial charge in [-0.3, -0.25) is 14.2 Å². The zero-order valence-corrected chi connectivity index (χ0v) is 19.1. The summed E-state index contributed by atoms with van der Waals surface area (Å²) in [5.74, 6) is 0.189. The number of hydrogen-bond acceptors (Lipinski definition) is 9.